The van der Waals surface area contributed by atoms with Crippen molar-refractivity contribution in [3.63, 3.8) is 0 Å². The summed E-state index contributed by atoms with van der Waals surface area (Å²) >= 11 is 15.2. The second-order valence-electron chi connectivity index (χ2n) is 13.4. The van der Waals surface area contributed by atoms with Crippen molar-refractivity contribution in [3.05, 3.63) is 81.4 Å². The van der Waals surface area contributed by atoms with Crippen LogP contribution in [0.2, 0.25) is 10.0 Å². The summed E-state index contributed by atoms with van der Waals surface area (Å²) in [5.74, 6) is 1.36. The second kappa shape index (κ2) is 13.2. The number of alkyl halides is 1. The van der Waals surface area contributed by atoms with Crippen LogP contribution in [0.15, 0.2) is 54.4 Å². The number of aliphatic hydroxyl groups excluding tert-OH is 1. The van der Waals surface area contributed by atoms with Gasteiger partial charge < -0.3 is 14.6 Å². The van der Waals surface area contributed by atoms with E-state index in [1.54, 1.807) is 28.7 Å². The van der Waals surface area contributed by atoms with Crippen LogP contribution in [0.25, 0.3) is 22.0 Å². The molecule has 9 nitrogen and oxygen atoms in total. The highest BCUT2D eigenvalue weighted by atomic mass is 35.5. The average Bonchev–Trinajstić information content (AvgIpc) is 3.88. The zero-order valence-corrected chi connectivity index (χ0v) is 28.6. The van der Waals surface area contributed by atoms with Gasteiger partial charge in [0.1, 0.15) is 11.7 Å². The van der Waals surface area contributed by atoms with Crippen LogP contribution in [0.5, 0.6) is 0 Å². The zero-order chi connectivity index (χ0) is 32.9. The van der Waals surface area contributed by atoms with E-state index in [9.17, 15) is 14.3 Å². The van der Waals surface area contributed by atoms with E-state index >= 15 is 0 Å². The van der Waals surface area contributed by atoms with Crippen LogP contribution >= 0.6 is 34.5 Å². The molecule has 8 rings (SSSR count). The fourth-order valence-corrected chi connectivity index (χ4v) is 8.70. The molecule has 2 atom stereocenters. The van der Waals surface area contributed by atoms with Crippen LogP contribution in [0.1, 0.15) is 54.6 Å². The van der Waals surface area contributed by atoms with E-state index in [-0.39, 0.29) is 13.0 Å². The summed E-state index contributed by atoms with van der Waals surface area (Å²) in [6.45, 7) is 3.86. The molecule has 13 heteroatoms. The molecule has 2 aliphatic heterocycles. The van der Waals surface area contributed by atoms with Gasteiger partial charge in [0.2, 0.25) is 0 Å². The summed E-state index contributed by atoms with van der Waals surface area (Å²) in [5, 5.41) is 20.8. The first-order valence-electron chi connectivity index (χ1n) is 16.5. The first-order valence-corrected chi connectivity index (χ1v) is 18.2. The van der Waals surface area contributed by atoms with Crippen LogP contribution in [0.3, 0.4) is 0 Å². The lowest BCUT2D eigenvalue weighted by atomic mass is 9.71. The second-order valence-corrected chi connectivity index (χ2v) is 15.1. The molecule has 1 amide bonds. The fourth-order valence-electron chi connectivity index (χ4n) is 7.62. The van der Waals surface area contributed by atoms with Gasteiger partial charge in [-0.3, -0.25) is 14.8 Å². The Morgan fingerprint density at radius 2 is 1.92 bits per heavy atom. The number of aliphatic hydroxyl groups is 1. The zero-order valence-electron chi connectivity index (χ0n) is 26.2. The van der Waals surface area contributed by atoms with Gasteiger partial charge in [-0.15, -0.1) is 11.3 Å². The number of amides is 1. The normalized spacial score (nSPS) is 22.1. The molecule has 2 N–H and O–H groups in total. The van der Waals surface area contributed by atoms with Crippen molar-refractivity contribution in [2.45, 2.75) is 56.8 Å². The molecular formula is C35H36Cl2FN7O2S. The van der Waals surface area contributed by atoms with Gasteiger partial charge in [0.25, 0.3) is 5.91 Å². The van der Waals surface area contributed by atoms with Crippen molar-refractivity contribution >= 4 is 56.5 Å². The maximum Gasteiger partial charge on any atom is 0.257 e. The first-order chi connectivity index (χ1) is 23.3. The summed E-state index contributed by atoms with van der Waals surface area (Å²) in [6, 6.07) is 9.41. The Kier molecular flexibility index (Phi) is 8.75. The number of hydrogen-bond acceptors (Lipinski definition) is 7. The molecule has 0 unspecified atom stereocenters. The van der Waals surface area contributed by atoms with Gasteiger partial charge >= 0.3 is 0 Å². The minimum absolute atomic E-state index is 0.171. The predicted molar refractivity (Wildman–Crippen MR) is 187 cm³/mol. The van der Waals surface area contributed by atoms with Crippen molar-refractivity contribution in [1.82, 2.24) is 29.2 Å². The topological polar surface area (TPSA) is 101 Å². The molecule has 2 fully saturated rings. The molecule has 1 aliphatic carbocycles. The lowest BCUT2D eigenvalue weighted by Gasteiger charge is -2.41. The highest BCUT2D eigenvalue weighted by molar-refractivity contribution is 7.13. The van der Waals surface area contributed by atoms with Crippen molar-refractivity contribution < 1.29 is 14.3 Å². The number of carbonyl (C=O) groups excluding carboxylic acids is 1. The number of aromatic nitrogens is 5. The van der Waals surface area contributed by atoms with E-state index in [1.165, 1.54) is 34.4 Å². The Morgan fingerprint density at radius 1 is 1.12 bits per heavy atom. The van der Waals surface area contributed by atoms with Gasteiger partial charge in [-0.25, -0.2) is 14.4 Å². The van der Waals surface area contributed by atoms with Crippen molar-refractivity contribution in [1.29, 1.82) is 0 Å². The Labute approximate surface area is 291 Å². The van der Waals surface area contributed by atoms with E-state index in [2.05, 4.69) is 44.5 Å². The summed E-state index contributed by atoms with van der Waals surface area (Å²) in [5.41, 5.74) is 4.60. The Hall–Kier alpha value is -3.35. The summed E-state index contributed by atoms with van der Waals surface area (Å²) in [4.78, 5) is 25.1. The molecule has 0 bridgehead atoms. The molecule has 1 saturated carbocycles. The highest BCUT2D eigenvalue weighted by Crippen LogP contribution is 2.44. The van der Waals surface area contributed by atoms with E-state index in [0.29, 0.717) is 55.9 Å². The molecule has 3 aromatic heterocycles. The molecule has 3 aliphatic rings. The molecular weight excluding hydrogens is 672 g/mol. The molecule has 5 aromatic rings. The smallest absolute Gasteiger partial charge is 0.257 e. The SMILES string of the molecule is O=C(Nc1nccs1)[C@@H](c1ncn2c1C[C@@H](F)C2)n1cc2c(Cl)cc(-c3ccc(C4CC(CN5CCC(CO)CC5)C4)cc3)c(Cl)c2n1. The van der Waals surface area contributed by atoms with Gasteiger partial charge in [0.15, 0.2) is 11.2 Å². The average molecular weight is 709 g/mol. The third-order valence-corrected chi connectivity index (χ3v) is 11.7. The first kappa shape index (κ1) is 31.9. The van der Waals surface area contributed by atoms with Crippen LogP contribution in [-0.2, 0) is 17.8 Å². The molecule has 48 heavy (non-hydrogen) atoms. The van der Waals surface area contributed by atoms with Gasteiger partial charge in [-0.05, 0) is 73.7 Å². The van der Waals surface area contributed by atoms with E-state index < -0.39 is 18.1 Å². The lowest BCUT2D eigenvalue weighted by Crippen LogP contribution is -2.40. The van der Waals surface area contributed by atoms with Crippen LogP contribution in [0.4, 0.5) is 9.52 Å². The van der Waals surface area contributed by atoms with E-state index in [4.69, 9.17) is 28.3 Å². The Bertz CT molecular complexity index is 1930. The maximum atomic E-state index is 14.4. The number of carbonyl (C=O) groups is 1. The third-order valence-electron chi connectivity index (χ3n) is 10.3. The van der Waals surface area contributed by atoms with Gasteiger partial charge in [0.05, 0.1) is 28.6 Å². The van der Waals surface area contributed by atoms with Crippen molar-refractivity contribution in [2.24, 2.45) is 11.8 Å². The number of piperidine rings is 1. The van der Waals surface area contributed by atoms with Gasteiger partial charge in [0, 0.05) is 54.0 Å². The number of benzene rings is 2. The standard InChI is InChI=1S/C35H36Cl2FN7O2S/c36-28-14-26(23-3-1-22(2-4-23)24-11-21(12-24)15-43-8-5-20(18-46)6-9-43)30(37)31-27(28)17-45(42-31)33(34(47)41-35-39-7-10-48-35)32-29-13-25(38)16-44(29)19-40-32/h1-4,7,10,14,17,19-21,24-25,33,46H,5-6,8-9,11-13,15-16,18H2,(H,39,41,47)/t21?,24?,25-,33-/m1/s1. The molecule has 2 aromatic carbocycles. The summed E-state index contributed by atoms with van der Waals surface area (Å²) < 4.78 is 17.6. The van der Waals surface area contributed by atoms with Crippen LogP contribution in [-0.4, -0.2) is 72.6 Å². The van der Waals surface area contributed by atoms with Crippen molar-refractivity contribution in [2.75, 3.05) is 31.6 Å². The molecule has 250 valence electrons. The minimum atomic E-state index is -1.04. The summed E-state index contributed by atoms with van der Waals surface area (Å²) in [7, 11) is 0. The monoisotopic (exact) mass is 707 g/mol. The molecule has 1 saturated heterocycles. The number of nitrogens with zero attached hydrogens (tertiary/aromatic N) is 6. The number of imidazole rings is 1. The number of hydrogen-bond donors (Lipinski definition) is 2. The fraction of sp³-hybridized carbons (Fsp3) is 0.429. The van der Waals surface area contributed by atoms with Gasteiger partial charge in [-0.1, -0.05) is 47.5 Å². The lowest BCUT2D eigenvalue weighted by molar-refractivity contribution is -0.118. The minimum Gasteiger partial charge on any atom is -0.396 e. The number of anilines is 1. The molecule has 0 radical (unpaired) electrons. The van der Waals surface area contributed by atoms with Crippen LogP contribution < -0.4 is 5.32 Å². The number of likely N-dealkylation sites (tertiary alicyclic amines) is 1. The largest absolute Gasteiger partial charge is 0.396 e. The quantitative estimate of drug-likeness (QED) is 0.171. The number of nitrogens with one attached hydrogen (secondary N) is 1. The third kappa shape index (κ3) is 6.04. The summed E-state index contributed by atoms with van der Waals surface area (Å²) in [6.07, 6.45) is 8.61. The van der Waals surface area contributed by atoms with Gasteiger partial charge in [-0.2, -0.15) is 5.10 Å². The van der Waals surface area contributed by atoms with Crippen LogP contribution in [0, 0.1) is 11.8 Å². The Morgan fingerprint density at radius 3 is 2.65 bits per heavy atom. The predicted octanol–water partition coefficient (Wildman–Crippen LogP) is 6.98. The number of fused-ring (bicyclic) bond motifs is 2. The van der Waals surface area contributed by atoms with Crippen molar-refractivity contribution in [3.8, 4) is 11.1 Å². The Balaban J connectivity index is 1.03. The number of halogens is 3. The number of rotatable bonds is 9. The maximum absolute atomic E-state index is 14.4. The van der Waals surface area contributed by atoms with E-state index in [1.807, 2.05) is 6.07 Å². The van der Waals surface area contributed by atoms with E-state index in [0.717, 1.165) is 49.5 Å². The molecule has 0 spiro atoms. The number of thiazole rings is 1. The highest BCUT2D eigenvalue weighted by Gasteiger charge is 2.35. The molecule has 5 heterocycles.